The number of carbonyl (C=O) groups excluding carboxylic acids is 2. The third-order valence-electron chi connectivity index (χ3n) is 4.46. The molecule has 1 amide bonds. The van der Waals surface area contributed by atoms with Gasteiger partial charge in [-0.1, -0.05) is 18.2 Å². The van der Waals surface area contributed by atoms with Gasteiger partial charge in [0.1, 0.15) is 0 Å². The van der Waals surface area contributed by atoms with Crippen LogP contribution < -0.4 is 5.32 Å². The molecule has 0 aliphatic rings. The molecule has 29 heavy (non-hydrogen) atoms. The van der Waals surface area contributed by atoms with E-state index in [1.165, 1.54) is 11.3 Å². The van der Waals surface area contributed by atoms with Gasteiger partial charge in [-0.3, -0.25) is 4.79 Å². The lowest BCUT2D eigenvalue weighted by Crippen LogP contribution is -2.21. The molecule has 2 aromatic carbocycles. The number of nitrogens with one attached hydrogen (secondary N) is 1. The van der Waals surface area contributed by atoms with Crippen LogP contribution in [0.2, 0.25) is 0 Å². The molecule has 0 unspecified atom stereocenters. The number of esters is 1. The molecule has 146 valence electrons. The Labute approximate surface area is 171 Å². The second-order valence-corrected chi connectivity index (χ2v) is 7.34. The Morgan fingerprint density at radius 2 is 1.93 bits per heavy atom. The highest BCUT2D eigenvalue weighted by Crippen LogP contribution is 2.23. The van der Waals surface area contributed by atoms with Gasteiger partial charge in [0, 0.05) is 0 Å². The zero-order valence-corrected chi connectivity index (χ0v) is 16.7. The predicted molar refractivity (Wildman–Crippen MR) is 112 cm³/mol. The number of nitrogens with zero attached hydrogens (tertiary/aromatic N) is 3. The summed E-state index contributed by atoms with van der Waals surface area (Å²) in [7, 11) is 0. The fourth-order valence-electron chi connectivity index (χ4n) is 3.02. The summed E-state index contributed by atoms with van der Waals surface area (Å²) in [6, 6.07) is 14.8. The van der Waals surface area contributed by atoms with Gasteiger partial charge in [-0.25, -0.2) is 14.5 Å². The van der Waals surface area contributed by atoms with Gasteiger partial charge in [0.05, 0.1) is 44.1 Å². The lowest BCUT2D eigenvalue weighted by Gasteiger charge is -2.08. The Morgan fingerprint density at radius 1 is 1.14 bits per heavy atom. The molecule has 4 aromatic rings. The van der Waals surface area contributed by atoms with Gasteiger partial charge >= 0.3 is 5.97 Å². The number of carbonyl (C=O) groups is 2. The monoisotopic (exact) mass is 406 g/mol. The van der Waals surface area contributed by atoms with Gasteiger partial charge < -0.3 is 10.1 Å². The number of ether oxygens (including phenoxy) is 1. The first-order chi connectivity index (χ1) is 14.0. The van der Waals surface area contributed by atoms with E-state index in [9.17, 15) is 9.59 Å². The van der Waals surface area contributed by atoms with Crippen LogP contribution in [0.4, 0.5) is 5.69 Å². The molecular weight excluding hydrogens is 388 g/mol. The lowest BCUT2D eigenvalue weighted by molar-refractivity contribution is -0.119. The van der Waals surface area contributed by atoms with Crippen molar-refractivity contribution >= 4 is 39.1 Å². The van der Waals surface area contributed by atoms with Crippen molar-refractivity contribution in [2.24, 2.45) is 0 Å². The second kappa shape index (κ2) is 7.84. The minimum absolute atomic E-state index is 0.380. The molecule has 0 atom stereocenters. The summed E-state index contributed by atoms with van der Waals surface area (Å²) < 4.78 is 7.82. The van der Waals surface area contributed by atoms with Crippen LogP contribution in [0, 0.1) is 13.8 Å². The third kappa shape index (κ3) is 3.88. The maximum atomic E-state index is 12.3. The van der Waals surface area contributed by atoms with Crippen LogP contribution in [-0.4, -0.2) is 33.2 Å². The van der Waals surface area contributed by atoms with Crippen molar-refractivity contribution in [3.63, 3.8) is 0 Å². The highest BCUT2D eigenvalue weighted by molar-refractivity contribution is 7.16. The smallest absolute Gasteiger partial charge is 0.338 e. The number of para-hydroxylation sites is 1. The van der Waals surface area contributed by atoms with Crippen molar-refractivity contribution in [3.8, 4) is 5.69 Å². The van der Waals surface area contributed by atoms with Gasteiger partial charge in [-0.15, -0.1) is 11.3 Å². The molecule has 7 nitrogen and oxygen atoms in total. The van der Waals surface area contributed by atoms with Gasteiger partial charge in [-0.05, 0) is 44.2 Å². The average Bonchev–Trinajstić information content (AvgIpc) is 3.32. The fraction of sp³-hybridized carbons (Fsp3) is 0.143. The van der Waals surface area contributed by atoms with Crippen molar-refractivity contribution < 1.29 is 14.3 Å². The third-order valence-corrected chi connectivity index (χ3v) is 5.25. The summed E-state index contributed by atoms with van der Waals surface area (Å²) in [4.78, 5) is 28.8. The number of hydrogen-bond donors (Lipinski definition) is 1. The molecule has 2 aromatic heterocycles. The Hall–Kier alpha value is -3.52. The molecule has 2 heterocycles. The quantitative estimate of drug-likeness (QED) is 0.508. The Morgan fingerprint density at radius 3 is 2.72 bits per heavy atom. The summed E-state index contributed by atoms with van der Waals surface area (Å²) in [6.07, 6.45) is 0. The SMILES string of the molecule is Cc1nn(-c2ccccc2)c(C)c1NC(=O)COC(=O)c1ccc2ncsc2c1. The van der Waals surface area contributed by atoms with Crippen LogP contribution in [0.1, 0.15) is 21.7 Å². The van der Waals surface area contributed by atoms with Crippen molar-refractivity contribution in [2.45, 2.75) is 13.8 Å². The molecule has 4 rings (SSSR count). The number of hydrogen-bond acceptors (Lipinski definition) is 6. The van der Waals surface area contributed by atoms with Gasteiger partial charge in [-0.2, -0.15) is 5.10 Å². The average molecular weight is 406 g/mol. The summed E-state index contributed by atoms with van der Waals surface area (Å²) in [5.74, 6) is -0.972. The van der Waals surface area contributed by atoms with E-state index in [2.05, 4.69) is 15.4 Å². The largest absolute Gasteiger partial charge is 0.452 e. The highest BCUT2D eigenvalue weighted by Gasteiger charge is 2.17. The second-order valence-electron chi connectivity index (χ2n) is 6.45. The molecule has 0 radical (unpaired) electrons. The van der Waals surface area contributed by atoms with Gasteiger partial charge in [0.25, 0.3) is 5.91 Å². The number of anilines is 1. The number of amides is 1. The summed E-state index contributed by atoms with van der Waals surface area (Å²) in [5.41, 5.74) is 5.92. The first kappa shape index (κ1) is 18.8. The van der Waals surface area contributed by atoms with Crippen molar-refractivity contribution in [3.05, 3.63) is 71.0 Å². The van der Waals surface area contributed by atoms with Crippen LogP contribution in [0.15, 0.2) is 54.0 Å². The van der Waals surface area contributed by atoms with Crippen molar-refractivity contribution in [1.82, 2.24) is 14.8 Å². The highest BCUT2D eigenvalue weighted by atomic mass is 32.1. The Balaban J connectivity index is 1.42. The van der Waals surface area contributed by atoms with E-state index in [1.807, 2.05) is 44.2 Å². The predicted octanol–water partition coefficient (Wildman–Crippen LogP) is 3.89. The molecule has 0 saturated carbocycles. The van der Waals surface area contributed by atoms with E-state index in [0.717, 1.165) is 21.6 Å². The maximum absolute atomic E-state index is 12.3. The maximum Gasteiger partial charge on any atom is 0.338 e. The standard InChI is InChI=1S/C21H18N4O3S/c1-13-20(14(2)25(24-13)16-6-4-3-5-7-16)23-19(26)11-28-21(27)15-8-9-17-18(10-15)29-12-22-17/h3-10,12H,11H2,1-2H3,(H,23,26). The van der Waals surface area contributed by atoms with Gasteiger partial charge in [0.2, 0.25) is 0 Å². The zero-order valence-electron chi connectivity index (χ0n) is 15.9. The summed E-state index contributed by atoms with van der Waals surface area (Å²) >= 11 is 1.44. The van der Waals surface area contributed by atoms with E-state index >= 15 is 0 Å². The molecule has 0 aliphatic carbocycles. The number of rotatable bonds is 5. The topological polar surface area (TPSA) is 86.1 Å². The van der Waals surface area contributed by atoms with E-state index in [4.69, 9.17) is 4.74 Å². The summed E-state index contributed by atoms with van der Waals surface area (Å²) in [5, 5.41) is 7.28. The lowest BCUT2D eigenvalue weighted by atomic mass is 10.2. The number of aryl methyl sites for hydroxylation is 1. The number of thiazole rings is 1. The summed E-state index contributed by atoms with van der Waals surface area (Å²) in [6.45, 7) is 3.31. The van der Waals surface area contributed by atoms with Crippen LogP contribution in [0.25, 0.3) is 15.9 Å². The Bertz CT molecular complexity index is 1200. The number of aromatic nitrogens is 3. The minimum atomic E-state index is -0.552. The van der Waals surface area contributed by atoms with Gasteiger partial charge in [0.15, 0.2) is 6.61 Å². The molecule has 0 fully saturated rings. The first-order valence-electron chi connectivity index (χ1n) is 8.95. The van der Waals surface area contributed by atoms with Crippen LogP contribution >= 0.6 is 11.3 Å². The molecule has 0 saturated heterocycles. The number of benzene rings is 2. The van der Waals surface area contributed by atoms with E-state index in [-0.39, 0.29) is 6.61 Å². The molecule has 0 bridgehead atoms. The molecule has 1 N–H and O–H groups in total. The van der Waals surface area contributed by atoms with E-state index < -0.39 is 11.9 Å². The van der Waals surface area contributed by atoms with E-state index in [0.29, 0.717) is 16.9 Å². The van der Waals surface area contributed by atoms with Crippen molar-refractivity contribution in [1.29, 1.82) is 0 Å². The zero-order chi connectivity index (χ0) is 20.4. The van der Waals surface area contributed by atoms with Crippen LogP contribution in [0.3, 0.4) is 0 Å². The van der Waals surface area contributed by atoms with E-state index in [1.54, 1.807) is 28.4 Å². The molecule has 0 aliphatic heterocycles. The fourth-order valence-corrected chi connectivity index (χ4v) is 3.73. The Kier molecular flexibility index (Phi) is 5.09. The first-order valence-corrected chi connectivity index (χ1v) is 9.83. The van der Waals surface area contributed by atoms with Crippen molar-refractivity contribution in [2.75, 3.05) is 11.9 Å². The van der Waals surface area contributed by atoms with Crippen LogP contribution in [0.5, 0.6) is 0 Å². The minimum Gasteiger partial charge on any atom is -0.452 e. The normalized spacial score (nSPS) is 10.8. The van der Waals surface area contributed by atoms with Crippen LogP contribution in [-0.2, 0) is 9.53 Å². The molecule has 0 spiro atoms. The number of fused-ring (bicyclic) bond motifs is 1. The molecule has 8 heteroatoms. The molecular formula is C21H18N4O3S.